The number of esters is 1. The number of carbonyl (C=O) groups is 2. The molecule has 4 rings (SSSR count). The molecule has 0 radical (unpaired) electrons. The summed E-state index contributed by atoms with van der Waals surface area (Å²) in [6, 6.07) is 11.4. The highest BCUT2D eigenvalue weighted by atomic mass is 28.4. The van der Waals surface area contributed by atoms with Crippen LogP contribution in [0.2, 0.25) is 18.1 Å². The first-order chi connectivity index (χ1) is 25.0. The van der Waals surface area contributed by atoms with Crippen LogP contribution >= 0.6 is 0 Å². The van der Waals surface area contributed by atoms with Crippen molar-refractivity contribution in [3.8, 4) is 11.5 Å². The van der Waals surface area contributed by atoms with Crippen LogP contribution < -0.4 is 14.1 Å². The number of hydrogen-bond acceptors (Lipinski definition) is 9. The molecule has 11 heteroatoms. The summed E-state index contributed by atoms with van der Waals surface area (Å²) in [5, 5.41) is -0.174. The van der Waals surface area contributed by atoms with Crippen LogP contribution in [0.25, 0.3) is 6.08 Å². The first kappa shape index (κ1) is 43.1. The van der Waals surface area contributed by atoms with Gasteiger partial charge in [-0.2, -0.15) is 0 Å². The molecule has 5 atom stereocenters. The van der Waals surface area contributed by atoms with Gasteiger partial charge in [0.1, 0.15) is 41.0 Å². The Labute approximate surface area is 324 Å². The molecule has 2 heterocycles. The van der Waals surface area contributed by atoms with E-state index in [4.69, 9.17) is 32.8 Å². The van der Waals surface area contributed by atoms with E-state index in [-0.39, 0.29) is 17.1 Å². The summed E-state index contributed by atoms with van der Waals surface area (Å²) in [4.78, 5) is 29.5. The Morgan fingerprint density at radius 3 is 2.26 bits per heavy atom. The molecule has 54 heavy (non-hydrogen) atoms. The van der Waals surface area contributed by atoms with E-state index in [1.54, 1.807) is 18.1 Å². The summed E-state index contributed by atoms with van der Waals surface area (Å²) in [5.41, 5.74) is 1.70. The molecule has 0 spiro atoms. The van der Waals surface area contributed by atoms with E-state index in [2.05, 4.69) is 33.9 Å². The molecule has 0 N–H and O–H groups in total. The highest BCUT2D eigenvalue weighted by Crippen LogP contribution is 2.41. The molecule has 0 aromatic heterocycles. The molecular weight excluding hydrogens is 703 g/mol. The van der Waals surface area contributed by atoms with Crippen LogP contribution in [0.1, 0.15) is 104 Å². The van der Waals surface area contributed by atoms with Crippen molar-refractivity contribution in [2.45, 2.75) is 143 Å². The van der Waals surface area contributed by atoms with Crippen molar-refractivity contribution in [1.29, 1.82) is 0 Å². The number of nitrogens with zero attached hydrogens (tertiary/aromatic N) is 1. The maximum atomic E-state index is 14.4. The third-order valence-corrected chi connectivity index (χ3v) is 14.5. The summed E-state index contributed by atoms with van der Waals surface area (Å²) < 4.78 is 43.8. The fourth-order valence-corrected chi connectivity index (χ4v) is 6.99. The van der Waals surface area contributed by atoms with Crippen molar-refractivity contribution in [2.24, 2.45) is 5.92 Å². The molecular formula is C43H63NO9Si. The van der Waals surface area contributed by atoms with E-state index >= 15 is 0 Å². The maximum Gasteiger partial charge on any atom is 0.414 e. The lowest BCUT2D eigenvalue weighted by Crippen LogP contribution is -2.44. The number of ether oxygens (including phenoxy) is 6. The second kappa shape index (κ2) is 17.0. The predicted octanol–water partition coefficient (Wildman–Crippen LogP) is 10.1. The molecule has 1 amide bonds. The first-order valence-electron chi connectivity index (χ1n) is 19.1. The van der Waals surface area contributed by atoms with Crippen LogP contribution in [-0.2, 0) is 30.3 Å². The standard InChI is InChI=1S/C43H63NO9Si/c1-15-44(40(46)52-41(4,5)6)32-25-31-17-16-18-35-38(51-43(10,11)50-35)34(48-27-30-20-22-33(47-12)23-21-30)24-19-28(2)29(3)49-39(45)37(31)36(26-32)53-54(13,14)42(7,8)9/h16-17,19-26,28-29,34-35,38H,15,18,27H2,1-14H3/t28-,29+,34?,35+,38-/m1/s1. The number of anilines is 1. The van der Waals surface area contributed by atoms with E-state index in [0.29, 0.717) is 42.1 Å². The lowest BCUT2D eigenvalue weighted by Gasteiger charge is -2.37. The van der Waals surface area contributed by atoms with Crippen molar-refractivity contribution in [3.05, 3.63) is 71.3 Å². The Balaban J connectivity index is 1.83. The highest BCUT2D eigenvalue weighted by molar-refractivity contribution is 6.74. The quantitative estimate of drug-likeness (QED) is 0.148. The third kappa shape index (κ3) is 11.0. The molecule has 1 fully saturated rings. The van der Waals surface area contributed by atoms with Gasteiger partial charge in [-0.05, 0) is 102 Å². The van der Waals surface area contributed by atoms with E-state index in [1.807, 2.05) is 110 Å². The van der Waals surface area contributed by atoms with Crippen LogP contribution in [0.15, 0.2) is 54.6 Å². The number of rotatable bonds is 8. The van der Waals surface area contributed by atoms with Crippen molar-refractivity contribution >= 4 is 32.1 Å². The molecule has 2 aromatic rings. The van der Waals surface area contributed by atoms with Gasteiger partial charge in [0.2, 0.25) is 0 Å². The molecule has 2 aliphatic rings. The molecule has 0 bridgehead atoms. The van der Waals surface area contributed by atoms with Gasteiger partial charge in [0.25, 0.3) is 8.32 Å². The lowest BCUT2D eigenvalue weighted by molar-refractivity contribution is -0.156. The topological polar surface area (TPSA) is 102 Å². The molecule has 1 saturated heterocycles. The smallest absolute Gasteiger partial charge is 0.414 e. The monoisotopic (exact) mass is 765 g/mol. The number of carbonyl (C=O) groups excluding carboxylic acids is 2. The van der Waals surface area contributed by atoms with Gasteiger partial charge >= 0.3 is 12.1 Å². The fraction of sp³-hybridized carbons (Fsp3) is 0.581. The number of methoxy groups -OCH3 is 1. The SMILES string of the molecule is CCN(C(=O)OC(C)(C)C)c1cc2c(c(O[Si](C)(C)C(C)(C)C)c1)C(=O)O[C@@H](C)[C@H](C)C=CC(OCc1ccc(OC)cc1)[C@H]1OC(C)(C)O[C@H]1CC=C2. The number of cyclic esters (lactones) is 1. The molecule has 10 nitrogen and oxygen atoms in total. The second-order valence-electron chi connectivity index (χ2n) is 17.2. The highest BCUT2D eigenvalue weighted by Gasteiger charge is 2.45. The summed E-state index contributed by atoms with van der Waals surface area (Å²) in [7, 11) is -0.855. The van der Waals surface area contributed by atoms with Gasteiger partial charge in [-0.1, -0.05) is 64.1 Å². The molecule has 1 unspecified atom stereocenters. The van der Waals surface area contributed by atoms with Crippen molar-refractivity contribution in [3.63, 3.8) is 0 Å². The van der Waals surface area contributed by atoms with Gasteiger partial charge in [-0.15, -0.1) is 0 Å². The fourth-order valence-electron chi connectivity index (χ4n) is 5.97. The first-order valence-corrected chi connectivity index (χ1v) is 22.0. The largest absolute Gasteiger partial charge is 0.543 e. The van der Waals surface area contributed by atoms with E-state index in [0.717, 1.165) is 11.3 Å². The van der Waals surface area contributed by atoms with Crippen LogP contribution in [0, 0.1) is 5.92 Å². The average Bonchev–Trinajstić information content (AvgIpc) is 3.36. The lowest BCUT2D eigenvalue weighted by atomic mass is 9.98. The van der Waals surface area contributed by atoms with Gasteiger partial charge in [0.05, 0.1) is 25.5 Å². The van der Waals surface area contributed by atoms with Crippen molar-refractivity contribution in [1.82, 2.24) is 0 Å². The Bertz CT molecular complexity index is 1670. The van der Waals surface area contributed by atoms with Gasteiger partial charge in [0.15, 0.2) is 5.79 Å². The Hall–Kier alpha value is -3.64. The van der Waals surface area contributed by atoms with Crippen LogP contribution in [0.5, 0.6) is 11.5 Å². The summed E-state index contributed by atoms with van der Waals surface area (Å²) in [6.45, 7) is 26.5. The van der Waals surface area contributed by atoms with Crippen LogP contribution in [-0.4, -0.2) is 69.8 Å². The van der Waals surface area contributed by atoms with Gasteiger partial charge < -0.3 is 32.8 Å². The summed E-state index contributed by atoms with van der Waals surface area (Å²) >= 11 is 0. The van der Waals surface area contributed by atoms with E-state index in [1.165, 1.54) is 0 Å². The van der Waals surface area contributed by atoms with Gasteiger partial charge in [0, 0.05) is 18.5 Å². The molecule has 2 aromatic carbocycles. The molecule has 0 saturated carbocycles. The molecule has 2 aliphatic heterocycles. The Morgan fingerprint density at radius 1 is 1.00 bits per heavy atom. The number of hydrogen-bond donors (Lipinski definition) is 0. The number of fused-ring (bicyclic) bond motifs is 2. The minimum Gasteiger partial charge on any atom is -0.543 e. The zero-order chi connectivity index (χ0) is 40.2. The minimum atomic E-state index is -2.50. The average molecular weight is 766 g/mol. The second-order valence-corrected chi connectivity index (χ2v) is 22.0. The van der Waals surface area contributed by atoms with Gasteiger partial charge in [-0.3, -0.25) is 4.90 Å². The van der Waals surface area contributed by atoms with E-state index < -0.39 is 50.1 Å². The van der Waals surface area contributed by atoms with Crippen molar-refractivity contribution < 1.29 is 42.4 Å². The maximum absolute atomic E-state index is 14.4. The Kier molecular flexibility index (Phi) is 13.6. The minimum absolute atomic E-state index is 0.174. The van der Waals surface area contributed by atoms with Gasteiger partial charge in [-0.25, -0.2) is 9.59 Å². The molecule has 0 aliphatic carbocycles. The molecule has 298 valence electrons. The predicted molar refractivity (Wildman–Crippen MR) is 216 cm³/mol. The van der Waals surface area contributed by atoms with Crippen LogP contribution in [0.4, 0.5) is 10.5 Å². The zero-order valence-corrected chi connectivity index (χ0v) is 35.9. The normalized spacial score (nSPS) is 23.4. The third-order valence-electron chi connectivity index (χ3n) is 10.2. The van der Waals surface area contributed by atoms with Crippen molar-refractivity contribution in [2.75, 3.05) is 18.6 Å². The summed E-state index contributed by atoms with van der Waals surface area (Å²) in [5.74, 6) is -0.389. The Morgan fingerprint density at radius 2 is 1.67 bits per heavy atom. The zero-order valence-electron chi connectivity index (χ0n) is 34.9. The van der Waals surface area contributed by atoms with E-state index in [9.17, 15) is 9.59 Å². The number of benzene rings is 2. The van der Waals surface area contributed by atoms with Crippen LogP contribution in [0.3, 0.4) is 0 Å². The number of amides is 1. The summed E-state index contributed by atoms with van der Waals surface area (Å²) in [6.07, 6.45) is 6.07.